The maximum Gasteiger partial charge on any atom is 0.0726 e. The molecule has 0 heterocycles. The molecule has 0 amide bonds. The summed E-state index contributed by atoms with van der Waals surface area (Å²) in [5.74, 6) is 0. The first-order chi connectivity index (χ1) is 28.0. The molecule has 57 heavy (non-hydrogen) atoms. The minimum Gasteiger partial charge on any atom is -0.310 e. The Labute approximate surface area is 334 Å². The molecule has 0 fully saturated rings. The molecule has 1 nitrogen and oxygen atoms in total. The predicted molar refractivity (Wildman–Crippen MR) is 238 cm³/mol. The highest BCUT2D eigenvalue weighted by Crippen LogP contribution is 2.65. The molecule has 9 aromatic rings. The molecule has 1 spiro atoms. The Morgan fingerprint density at radius 1 is 0.351 bits per heavy atom. The minimum absolute atomic E-state index is 0.198. The number of anilines is 3. The number of hydrogen-bond acceptors (Lipinski definition) is 1. The lowest BCUT2D eigenvalue weighted by Crippen LogP contribution is -2.26. The Morgan fingerprint density at radius 3 is 1.63 bits per heavy atom. The summed E-state index contributed by atoms with van der Waals surface area (Å²) in [6.45, 7) is 4.80. The number of para-hydroxylation sites is 1. The van der Waals surface area contributed by atoms with Crippen molar-refractivity contribution in [2.45, 2.75) is 24.7 Å². The first-order valence-electron chi connectivity index (χ1n) is 20.1. The van der Waals surface area contributed by atoms with Crippen LogP contribution in [0.4, 0.5) is 17.1 Å². The molecule has 3 aliphatic carbocycles. The topological polar surface area (TPSA) is 3.24 Å². The second-order valence-electron chi connectivity index (χ2n) is 16.4. The molecule has 0 N–H and O–H groups in total. The van der Waals surface area contributed by atoms with E-state index in [4.69, 9.17) is 0 Å². The third-order valence-corrected chi connectivity index (χ3v) is 13.3. The van der Waals surface area contributed by atoms with Gasteiger partial charge < -0.3 is 4.90 Å². The van der Waals surface area contributed by atoms with Gasteiger partial charge in [0, 0.05) is 22.4 Å². The van der Waals surface area contributed by atoms with Crippen LogP contribution in [0.1, 0.15) is 47.2 Å². The van der Waals surface area contributed by atoms with Gasteiger partial charge in [-0.25, -0.2) is 0 Å². The van der Waals surface area contributed by atoms with Crippen LogP contribution in [0.5, 0.6) is 0 Å². The fourth-order valence-electron chi connectivity index (χ4n) is 10.8. The van der Waals surface area contributed by atoms with Gasteiger partial charge in [-0.1, -0.05) is 178 Å². The Kier molecular flexibility index (Phi) is 6.67. The third-order valence-electron chi connectivity index (χ3n) is 13.3. The highest BCUT2D eigenvalue weighted by molar-refractivity contribution is 6.02. The molecule has 0 radical (unpaired) electrons. The van der Waals surface area contributed by atoms with E-state index in [1.807, 2.05) is 0 Å². The zero-order chi connectivity index (χ0) is 37.9. The van der Waals surface area contributed by atoms with Gasteiger partial charge in [-0.05, 0) is 119 Å². The SMILES string of the molecule is CC1(C)c2cc(-c3cccc4ccccc34)ccc2-c2ccc(N(c3ccccc3)c3cccc4c3-c3ccccc3C43c4ccccc4-c4ccccc43)cc21. The lowest BCUT2D eigenvalue weighted by molar-refractivity contribution is 0.660. The second kappa shape index (κ2) is 11.8. The summed E-state index contributed by atoms with van der Waals surface area (Å²) in [5, 5.41) is 2.56. The standard InChI is InChI=1S/C56H39N/c1-55(2)51-34-37(41-24-14-17-36-16-6-7-20-40(36)41)30-32-44(51)45-33-31-39(35-52(45)55)57(38-18-4-3-5-19-38)53-29-15-28-50-54(53)46-23-10-13-27-49(46)56(50)47-25-11-8-21-42(47)43-22-9-12-26-48(43)56/h3-35H,1-2H3. The number of fused-ring (bicyclic) bond motifs is 14. The Hall–Kier alpha value is -6.96. The van der Waals surface area contributed by atoms with Gasteiger partial charge in [0.15, 0.2) is 0 Å². The Balaban J connectivity index is 1.06. The summed E-state index contributed by atoms with van der Waals surface area (Å²) in [6.07, 6.45) is 0. The van der Waals surface area contributed by atoms with Gasteiger partial charge in [0.1, 0.15) is 0 Å². The number of hydrogen-bond donors (Lipinski definition) is 0. The van der Waals surface area contributed by atoms with Crippen molar-refractivity contribution in [3.8, 4) is 44.5 Å². The molecule has 0 saturated carbocycles. The summed E-state index contributed by atoms with van der Waals surface area (Å²) in [5.41, 5.74) is 21.5. The van der Waals surface area contributed by atoms with Crippen molar-refractivity contribution >= 4 is 27.8 Å². The predicted octanol–water partition coefficient (Wildman–Crippen LogP) is 14.6. The molecule has 0 aromatic heterocycles. The molecule has 9 aromatic carbocycles. The van der Waals surface area contributed by atoms with Crippen LogP contribution in [0.25, 0.3) is 55.3 Å². The van der Waals surface area contributed by atoms with E-state index in [2.05, 4.69) is 219 Å². The van der Waals surface area contributed by atoms with Crippen LogP contribution < -0.4 is 4.90 Å². The molecule has 268 valence electrons. The summed E-state index contributed by atoms with van der Waals surface area (Å²) >= 11 is 0. The van der Waals surface area contributed by atoms with Crippen LogP contribution >= 0.6 is 0 Å². The van der Waals surface area contributed by atoms with E-state index in [9.17, 15) is 0 Å². The normalized spacial score (nSPS) is 14.4. The lowest BCUT2D eigenvalue weighted by atomic mass is 9.70. The van der Waals surface area contributed by atoms with Crippen LogP contribution in [-0.4, -0.2) is 0 Å². The van der Waals surface area contributed by atoms with Gasteiger partial charge in [-0.2, -0.15) is 0 Å². The van der Waals surface area contributed by atoms with Gasteiger partial charge in [-0.3, -0.25) is 0 Å². The average Bonchev–Trinajstić information content (AvgIpc) is 3.83. The molecule has 1 heteroatoms. The average molecular weight is 726 g/mol. The molecular formula is C56H39N. The first-order valence-corrected chi connectivity index (χ1v) is 20.1. The number of nitrogens with zero attached hydrogens (tertiary/aromatic N) is 1. The fourth-order valence-corrected chi connectivity index (χ4v) is 10.8. The van der Waals surface area contributed by atoms with Gasteiger partial charge in [0.05, 0.1) is 11.1 Å². The highest BCUT2D eigenvalue weighted by atomic mass is 15.1. The van der Waals surface area contributed by atoms with Crippen molar-refractivity contribution in [1.82, 2.24) is 0 Å². The van der Waals surface area contributed by atoms with E-state index in [1.165, 1.54) is 94.3 Å². The third kappa shape index (κ3) is 4.29. The van der Waals surface area contributed by atoms with Crippen LogP contribution in [0.15, 0.2) is 200 Å². The van der Waals surface area contributed by atoms with Crippen LogP contribution in [-0.2, 0) is 10.8 Å². The molecule has 3 aliphatic rings. The number of benzene rings is 9. The smallest absolute Gasteiger partial charge is 0.0726 e. The quantitative estimate of drug-likeness (QED) is 0.175. The number of rotatable bonds is 4. The zero-order valence-corrected chi connectivity index (χ0v) is 32.0. The van der Waals surface area contributed by atoms with Crippen LogP contribution in [0.2, 0.25) is 0 Å². The van der Waals surface area contributed by atoms with Crippen molar-refractivity contribution in [2.24, 2.45) is 0 Å². The molecule has 12 rings (SSSR count). The van der Waals surface area contributed by atoms with Crippen LogP contribution in [0, 0.1) is 0 Å². The van der Waals surface area contributed by atoms with Gasteiger partial charge in [-0.15, -0.1) is 0 Å². The Morgan fingerprint density at radius 2 is 0.877 bits per heavy atom. The molecule has 0 unspecified atom stereocenters. The monoisotopic (exact) mass is 725 g/mol. The summed E-state index contributed by atoms with van der Waals surface area (Å²) in [6, 6.07) is 74.8. The molecule has 0 aliphatic heterocycles. The Bertz CT molecular complexity index is 3060. The van der Waals surface area contributed by atoms with E-state index in [-0.39, 0.29) is 5.41 Å². The van der Waals surface area contributed by atoms with E-state index in [0.29, 0.717) is 0 Å². The molecule has 0 bridgehead atoms. The van der Waals surface area contributed by atoms with Gasteiger partial charge in [0.25, 0.3) is 0 Å². The molecule has 0 saturated heterocycles. The van der Waals surface area contributed by atoms with Crippen molar-refractivity contribution in [2.75, 3.05) is 4.90 Å². The van der Waals surface area contributed by atoms with E-state index in [1.54, 1.807) is 0 Å². The minimum atomic E-state index is -0.402. The second-order valence-corrected chi connectivity index (χ2v) is 16.4. The fraction of sp³-hybridized carbons (Fsp3) is 0.0714. The summed E-state index contributed by atoms with van der Waals surface area (Å²) < 4.78 is 0. The van der Waals surface area contributed by atoms with Crippen molar-refractivity contribution in [1.29, 1.82) is 0 Å². The lowest BCUT2D eigenvalue weighted by Gasteiger charge is -2.32. The van der Waals surface area contributed by atoms with Gasteiger partial charge >= 0.3 is 0 Å². The molecule has 0 atom stereocenters. The summed E-state index contributed by atoms with van der Waals surface area (Å²) in [7, 11) is 0. The van der Waals surface area contributed by atoms with E-state index < -0.39 is 5.41 Å². The van der Waals surface area contributed by atoms with Crippen molar-refractivity contribution < 1.29 is 0 Å². The van der Waals surface area contributed by atoms with Crippen molar-refractivity contribution in [3.63, 3.8) is 0 Å². The largest absolute Gasteiger partial charge is 0.310 e. The van der Waals surface area contributed by atoms with Crippen LogP contribution in [0.3, 0.4) is 0 Å². The van der Waals surface area contributed by atoms with Gasteiger partial charge in [0.2, 0.25) is 0 Å². The first kappa shape index (κ1) is 32.3. The maximum atomic E-state index is 2.50. The van der Waals surface area contributed by atoms with Crippen molar-refractivity contribution in [3.05, 3.63) is 234 Å². The van der Waals surface area contributed by atoms with E-state index >= 15 is 0 Å². The highest BCUT2D eigenvalue weighted by Gasteiger charge is 2.52. The maximum absolute atomic E-state index is 2.50. The van der Waals surface area contributed by atoms with E-state index in [0.717, 1.165) is 11.4 Å². The molecular weight excluding hydrogens is 687 g/mol. The zero-order valence-electron chi connectivity index (χ0n) is 32.0. The summed E-state index contributed by atoms with van der Waals surface area (Å²) in [4.78, 5) is 2.50.